The molecule has 3 rings (SSSR count). The van der Waals surface area contributed by atoms with Crippen LogP contribution in [0.5, 0.6) is 0 Å². The van der Waals surface area contributed by atoms with Crippen molar-refractivity contribution in [3.63, 3.8) is 0 Å². The number of carboxylic acids is 1. The molecule has 0 amide bonds. The van der Waals surface area contributed by atoms with E-state index in [9.17, 15) is 9.18 Å². The molecule has 1 saturated heterocycles. The molecule has 0 spiro atoms. The third kappa shape index (κ3) is 4.21. The Labute approximate surface area is 139 Å². The van der Waals surface area contributed by atoms with Gasteiger partial charge in [-0.05, 0) is 31.0 Å². The first-order chi connectivity index (χ1) is 11.6. The summed E-state index contributed by atoms with van der Waals surface area (Å²) in [4.78, 5) is 13.0. The zero-order chi connectivity index (χ0) is 16.9. The van der Waals surface area contributed by atoms with Gasteiger partial charge in [0.15, 0.2) is 0 Å². The summed E-state index contributed by atoms with van der Waals surface area (Å²) < 4.78 is 24.7. The number of piperidine rings is 1. The minimum atomic E-state index is -1.05. The van der Waals surface area contributed by atoms with E-state index >= 15 is 0 Å². The Hall–Kier alpha value is -2.18. The molecule has 24 heavy (non-hydrogen) atoms. The number of likely N-dealkylation sites (tertiary alicyclic amines) is 1. The van der Waals surface area contributed by atoms with Crippen LogP contribution in [0.25, 0.3) is 0 Å². The Morgan fingerprint density at radius 2 is 2.00 bits per heavy atom. The zero-order valence-corrected chi connectivity index (χ0v) is 13.3. The van der Waals surface area contributed by atoms with Crippen molar-refractivity contribution in [2.75, 3.05) is 13.1 Å². The number of carboxylic acid groups (broad SMARTS) is 1. The maximum Gasteiger partial charge on any atom is 0.371 e. The number of nitrogens with zero attached hydrogens (tertiary/aromatic N) is 1. The molecule has 0 atom stereocenters. The molecule has 0 unspecified atom stereocenters. The van der Waals surface area contributed by atoms with Crippen LogP contribution in [0.1, 0.15) is 34.7 Å². The number of hydrogen-bond acceptors (Lipinski definition) is 4. The van der Waals surface area contributed by atoms with Gasteiger partial charge in [0, 0.05) is 18.7 Å². The van der Waals surface area contributed by atoms with Gasteiger partial charge in [0.1, 0.15) is 11.6 Å². The van der Waals surface area contributed by atoms with E-state index in [4.69, 9.17) is 14.3 Å². The topological polar surface area (TPSA) is 62.9 Å². The van der Waals surface area contributed by atoms with Gasteiger partial charge in [0.05, 0.1) is 19.3 Å². The van der Waals surface area contributed by atoms with Crippen LogP contribution in [0.3, 0.4) is 0 Å². The second-order valence-electron chi connectivity index (χ2n) is 5.95. The average Bonchev–Trinajstić information content (AvgIpc) is 3.04. The fraction of sp³-hybridized carbons (Fsp3) is 0.389. The lowest BCUT2D eigenvalue weighted by atomic mass is 10.1. The van der Waals surface area contributed by atoms with Gasteiger partial charge in [-0.25, -0.2) is 9.18 Å². The maximum absolute atomic E-state index is 13.6. The average molecular weight is 333 g/mol. The molecular weight excluding hydrogens is 313 g/mol. The Morgan fingerprint density at radius 3 is 2.67 bits per heavy atom. The van der Waals surface area contributed by atoms with Crippen LogP contribution in [-0.2, 0) is 17.9 Å². The Kier molecular flexibility index (Phi) is 5.27. The summed E-state index contributed by atoms with van der Waals surface area (Å²) in [6.45, 7) is 2.56. The first-order valence-corrected chi connectivity index (χ1v) is 8.01. The Bertz CT molecular complexity index is 692. The van der Waals surface area contributed by atoms with Gasteiger partial charge in [-0.2, -0.15) is 0 Å². The minimum absolute atomic E-state index is 0.0342. The number of carbonyl (C=O) groups is 1. The molecule has 6 heteroatoms. The lowest BCUT2D eigenvalue weighted by Crippen LogP contribution is -2.36. The molecule has 1 aliphatic heterocycles. The quantitative estimate of drug-likeness (QED) is 0.879. The second-order valence-corrected chi connectivity index (χ2v) is 5.95. The normalized spacial score (nSPS) is 16.4. The van der Waals surface area contributed by atoms with Crippen molar-refractivity contribution in [3.8, 4) is 0 Å². The van der Waals surface area contributed by atoms with Crippen LogP contribution >= 0.6 is 0 Å². The number of benzene rings is 1. The lowest BCUT2D eigenvalue weighted by Gasteiger charge is -2.31. The van der Waals surface area contributed by atoms with Crippen molar-refractivity contribution >= 4 is 5.97 Å². The van der Waals surface area contributed by atoms with Gasteiger partial charge >= 0.3 is 5.97 Å². The molecule has 0 bridgehead atoms. The van der Waals surface area contributed by atoms with Crippen LogP contribution < -0.4 is 0 Å². The van der Waals surface area contributed by atoms with Crippen LogP contribution in [-0.4, -0.2) is 35.2 Å². The predicted octanol–water partition coefficient (Wildman–Crippen LogP) is 3.30. The molecule has 0 radical (unpaired) electrons. The number of halogens is 1. The summed E-state index contributed by atoms with van der Waals surface area (Å²) in [6, 6.07) is 9.82. The highest BCUT2D eigenvalue weighted by Gasteiger charge is 2.21. The number of aromatic carboxylic acids is 1. The van der Waals surface area contributed by atoms with Crippen molar-refractivity contribution in [2.24, 2.45) is 0 Å². The summed E-state index contributed by atoms with van der Waals surface area (Å²) in [5.74, 6) is -0.672. The third-order valence-electron chi connectivity index (χ3n) is 4.22. The van der Waals surface area contributed by atoms with Crippen molar-refractivity contribution < 1.29 is 23.4 Å². The Morgan fingerprint density at radius 1 is 1.25 bits per heavy atom. The van der Waals surface area contributed by atoms with Crippen molar-refractivity contribution in [2.45, 2.75) is 32.1 Å². The minimum Gasteiger partial charge on any atom is -0.475 e. The van der Waals surface area contributed by atoms with E-state index in [1.807, 2.05) is 0 Å². The van der Waals surface area contributed by atoms with Crippen LogP contribution in [0, 0.1) is 5.82 Å². The van der Waals surface area contributed by atoms with Crippen LogP contribution in [0.15, 0.2) is 40.8 Å². The van der Waals surface area contributed by atoms with Crippen molar-refractivity contribution in [3.05, 3.63) is 59.3 Å². The van der Waals surface area contributed by atoms with E-state index in [1.54, 1.807) is 24.3 Å². The van der Waals surface area contributed by atoms with Crippen LogP contribution in [0.2, 0.25) is 0 Å². The number of rotatable bonds is 6. The highest BCUT2D eigenvalue weighted by molar-refractivity contribution is 5.84. The molecule has 2 aromatic rings. The fourth-order valence-electron chi connectivity index (χ4n) is 2.86. The summed E-state index contributed by atoms with van der Waals surface area (Å²) in [5, 5.41) is 8.86. The van der Waals surface area contributed by atoms with Gasteiger partial charge in [0.2, 0.25) is 5.76 Å². The summed E-state index contributed by atoms with van der Waals surface area (Å²) >= 11 is 0. The predicted molar refractivity (Wildman–Crippen MR) is 85.2 cm³/mol. The highest BCUT2D eigenvalue weighted by atomic mass is 19.1. The van der Waals surface area contributed by atoms with Gasteiger partial charge in [0.25, 0.3) is 0 Å². The first kappa shape index (κ1) is 16.7. The van der Waals surface area contributed by atoms with E-state index in [0.717, 1.165) is 25.9 Å². The van der Waals surface area contributed by atoms with Crippen molar-refractivity contribution in [1.82, 2.24) is 4.90 Å². The number of hydrogen-bond donors (Lipinski definition) is 1. The molecule has 1 N–H and O–H groups in total. The van der Waals surface area contributed by atoms with Gasteiger partial charge in [-0.1, -0.05) is 18.2 Å². The smallest absolute Gasteiger partial charge is 0.371 e. The molecule has 2 heterocycles. The first-order valence-electron chi connectivity index (χ1n) is 8.01. The standard InChI is InChI=1S/C18H20FNO4/c19-16-4-2-1-3-13(16)12-23-14-7-9-20(10-8-14)11-15-5-6-17(24-15)18(21)22/h1-6,14H,7-12H2,(H,21,22). The lowest BCUT2D eigenvalue weighted by molar-refractivity contribution is -0.00602. The molecule has 0 saturated carbocycles. The Balaban J connectivity index is 1.44. The molecule has 5 nitrogen and oxygen atoms in total. The number of furan rings is 1. The zero-order valence-electron chi connectivity index (χ0n) is 13.3. The van der Waals surface area contributed by atoms with E-state index < -0.39 is 5.97 Å². The summed E-state index contributed by atoms with van der Waals surface area (Å²) in [6.07, 6.45) is 1.84. The second kappa shape index (κ2) is 7.59. The van der Waals surface area contributed by atoms with E-state index in [-0.39, 0.29) is 24.3 Å². The largest absolute Gasteiger partial charge is 0.475 e. The maximum atomic E-state index is 13.6. The summed E-state index contributed by atoms with van der Waals surface area (Å²) in [5.41, 5.74) is 0.580. The molecule has 1 fully saturated rings. The van der Waals surface area contributed by atoms with Crippen LogP contribution in [0.4, 0.5) is 4.39 Å². The van der Waals surface area contributed by atoms with E-state index in [2.05, 4.69) is 4.90 Å². The van der Waals surface area contributed by atoms with Gasteiger partial charge in [-0.3, -0.25) is 4.90 Å². The van der Waals surface area contributed by atoms with E-state index in [1.165, 1.54) is 12.1 Å². The van der Waals surface area contributed by atoms with Gasteiger partial charge < -0.3 is 14.3 Å². The molecule has 1 aromatic heterocycles. The third-order valence-corrected chi connectivity index (χ3v) is 4.22. The SMILES string of the molecule is O=C(O)c1ccc(CN2CCC(OCc3ccccc3F)CC2)o1. The van der Waals surface area contributed by atoms with Crippen molar-refractivity contribution in [1.29, 1.82) is 0 Å². The summed E-state index contributed by atoms with van der Waals surface area (Å²) in [7, 11) is 0. The number of ether oxygens (including phenoxy) is 1. The molecule has 1 aromatic carbocycles. The monoisotopic (exact) mass is 333 g/mol. The van der Waals surface area contributed by atoms with E-state index in [0.29, 0.717) is 17.9 Å². The molecule has 0 aliphatic carbocycles. The van der Waals surface area contributed by atoms with Gasteiger partial charge in [-0.15, -0.1) is 0 Å². The fourth-order valence-corrected chi connectivity index (χ4v) is 2.86. The molecule has 128 valence electrons. The highest BCUT2D eigenvalue weighted by Crippen LogP contribution is 2.19. The molecule has 1 aliphatic rings. The molecular formula is C18H20FNO4.